The van der Waals surface area contributed by atoms with Crippen LogP contribution in [0.1, 0.15) is 22.3 Å². The first kappa shape index (κ1) is 42.3. The van der Waals surface area contributed by atoms with Gasteiger partial charge in [-0.25, -0.2) is 9.97 Å². The number of nitrogens with zero attached hydrogens (tertiary/aromatic N) is 8. The Morgan fingerprint density at radius 2 is 0.857 bits per heavy atom. The van der Waals surface area contributed by atoms with Crippen LogP contribution in [0.5, 0.6) is 0 Å². The third-order valence-electron chi connectivity index (χ3n) is 12.6. The van der Waals surface area contributed by atoms with E-state index in [1.807, 2.05) is 48.5 Å². The Hall–Kier alpha value is -10.4. The highest BCUT2D eigenvalue weighted by Crippen LogP contribution is 2.40. The number of fused-ring (bicyclic) bond motifs is 3. The molecule has 0 N–H and O–H groups in total. The van der Waals surface area contributed by atoms with E-state index in [9.17, 15) is 21.0 Å². The van der Waals surface area contributed by atoms with Gasteiger partial charge in [0.2, 0.25) is 0 Å². The number of rotatable bonds is 9. The Morgan fingerprint density at radius 1 is 0.357 bits per heavy atom. The summed E-state index contributed by atoms with van der Waals surface area (Å²) in [7, 11) is 0. The molecule has 2 heterocycles. The number of aromatic nitrogens is 3. The normalized spacial score (nSPS) is 10.8. The highest BCUT2D eigenvalue weighted by atomic mass is 15.1. The molecule has 11 aromatic rings. The highest BCUT2D eigenvalue weighted by molar-refractivity contribution is 6.10. The second kappa shape index (κ2) is 18.1. The smallest absolute Gasteiger partial charge is 0.160 e. The minimum absolute atomic E-state index is 0.343. The van der Waals surface area contributed by atoms with Gasteiger partial charge in [0.25, 0.3) is 0 Å². The van der Waals surface area contributed by atoms with Crippen molar-refractivity contribution in [1.82, 2.24) is 14.5 Å². The third-order valence-corrected chi connectivity index (χ3v) is 12.6. The molecule has 8 nitrogen and oxygen atoms in total. The van der Waals surface area contributed by atoms with E-state index in [2.05, 4.69) is 149 Å². The molecule has 0 bridgehead atoms. The molecule has 2 aromatic heterocycles. The summed E-state index contributed by atoms with van der Waals surface area (Å²) in [5.41, 5.74) is 14.7. The first-order valence-electron chi connectivity index (χ1n) is 22.5. The van der Waals surface area contributed by atoms with Crippen LogP contribution in [0.25, 0.3) is 83.6 Å². The summed E-state index contributed by atoms with van der Waals surface area (Å²) in [6.45, 7) is 0. The maximum Gasteiger partial charge on any atom is 0.160 e. The standard InChI is InChI=1S/C62H36N8/c63-37-41-15-19-46(20-16-41)58-36-59(68-62(67-58)47-21-17-42(38-64)18-22-47)56-34-48(39-65)55(33-49(56)40-66)45-25-23-43(24-26-45)44-27-29-52(30-28-44)70-60-14-8-7-13-54(60)57-35-53(31-32-61(57)70)69(50-9-3-1-4-10-50)51-11-5-2-6-12-51/h1-36H. The van der Waals surface area contributed by atoms with E-state index in [-0.39, 0.29) is 0 Å². The van der Waals surface area contributed by atoms with Crippen molar-refractivity contribution in [3.63, 3.8) is 0 Å². The summed E-state index contributed by atoms with van der Waals surface area (Å²) in [5.74, 6) is 0.384. The summed E-state index contributed by atoms with van der Waals surface area (Å²) in [6, 6.07) is 81.0. The van der Waals surface area contributed by atoms with Crippen molar-refractivity contribution in [1.29, 1.82) is 21.0 Å². The number of hydrogen-bond donors (Lipinski definition) is 0. The second-order valence-electron chi connectivity index (χ2n) is 16.7. The maximum absolute atomic E-state index is 10.6. The molecule has 8 heteroatoms. The van der Waals surface area contributed by atoms with Gasteiger partial charge in [0, 0.05) is 55.8 Å². The van der Waals surface area contributed by atoms with Crippen LogP contribution < -0.4 is 4.90 Å². The average molecular weight is 893 g/mol. The molecule has 0 aliphatic heterocycles. The lowest BCUT2D eigenvalue weighted by Gasteiger charge is -2.25. The molecular weight excluding hydrogens is 857 g/mol. The van der Waals surface area contributed by atoms with E-state index in [1.165, 1.54) is 5.39 Å². The van der Waals surface area contributed by atoms with Gasteiger partial charge in [-0.1, -0.05) is 103 Å². The molecule has 11 rings (SSSR count). The molecule has 0 aliphatic carbocycles. The predicted molar refractivity (Wildman–Crippen MR) is 277 cm³/mol. The lowest BCUT2D eigenvalue weighted by molar-refractivity contribution is 1.18. The molecule has 0 amide bonds. The van der Waals surface area contributed by atoms with Gasteiger partial charge in [-0.05, 0) is 132 Å². The zero-order valence-corrected chi connectivity index (χ0v) is 37.4. The number of benzene rings is 9. The van der Waals surface area contributed by atoms with Crippen molar-refractivity contribution in [2.45, 2.75) is 0 Å². The SMILES string of the molecule is N#Cc1ccc(-c2cc(-c3cc(C#N)c(-c4ccc(-c5ccc(-n6c7ccccc7c7cc(N(c8ccccc8)c8ccccc8)ccc76)cc5)cc4)cc3C#N)nc(-c3ccc(C#N)cc3)n2)cc1. The van der Waals surface area contributed by atoms with Crippen LogP contribution in [0, 0.1) is 45.3 Å². The molecule has 0 atom stereocenters. The van der Waals surface area contributed by atoms with Crippen molar-refractivity contribution in [3.05, 3.63) is 241 Å². The lowest BCUT2D eigenvalue weighted by atomic mass is 9.92. The molecule has 0 saturated carbocycles. The number of para-hydroxylation sites is 3. The predicted octanol–water partition coefficient (Wildman–Crippen LogP) is 14.9. The fraction of sp³-hybridized carbons (Fsp3) is 0. The molecule has 0 saturated heterocycles. The van der Waals surface area contributed by atoms with Gasteiger partial charge in [0.1, 0.15) is 0 Å². The van der Waals surface area contributed by atoms with Crippen molar-refractivity contribution >= 4 is 38.9 Å². The van der Waals surface area contributed by atoms with Crippen LogP contribution in [0.2, 0.25) is 0 Å². The molecule has 9 aromatic carbocycles. The van der Waals surface area contributed by atoms with Crippen LogP contribution in [0.15, 0.2) is 218 Å². The first-order chi connectivity index (χ1) is 34.5. The fourth-order valence-corrected chi connectivity index (χ4v) is 9.13. The third kappa shape index (κ3) is 7.83. The van der Waals surface area contributed by atoms with Crippen LogP contribution in [0.4, 0.5) is 17.1 Å². The van der Waals surface area contributed by atoms with Crippen molar-refractivity contribution < 1.29 is 0 Å². The van der Waals surface area contributed by atoms with E-state index >= 15 is 0 Å². The first-order valence-corrected chi connectivity index (χ1v) is 22.5. The van der Waals surface area contributed by atoms with Crippen molar-refractivity contribution in [2.24, 2.45) is 0 Å². The quantitative estimate of drug-likeness (QED) is 0.141. The minimum atomic E-state index is 0.343. The molecule has 0 unspecified atom stereocenters. The van der Waals surface area contributed by atoms with Crippen LogP contribution >= 0.6 is 0 Å². The Labute approximate surface area is 404 Å². The topological polar surface area (TPSA) is 129 Å². The average Bonchev–Trinajstić information content (AvgIpc) is 3.77. The van der Waals surface area contributed by atoms with Gasteiger partial charge < -0.3 is 9.47 Å². The Kier molecular flexibility index (Phi) is 10.9. The van der Waals surface area contributed by atoms with Crippen LogP contribution in [-0.4, -0.2) is 14.5 Å². The molecular formula is C62H36N8. The lowest BCUT2D eigenvalue weighted by Crippen LogP contribution is -2.09. The fourth-order valence-electron chi connectivity index (χ4n) is 9.13. The van der Waals surface area contributed by atoms with E-state index in [0.717, 1.165) is 61.4 Å². The second-order valence-corrected chi connectivity index (χ2v) is 16.7. The molecule has 0 aliphatic rings. The van der Waals surface area contributed by atoms with Crippen LogP contribution in [-0.2, 0) is 0 Å². The van der Waals surface area contributed by atoms with Gasteiger partial charge in [0.15, 0.2) is 5.82 Å². The molecule has 0 fully saturated rings. The van der Waals surface area contributed by atoms with E-state index in [0.29, 0.717) is 56.2 Å². The van der Waals surface area contributed by atoms with E-state index in [4.69, 9.17) is 9.97 Å². The summed E-state index contributed by atoms with van der Waals surface area (Å²) >= 11 is 0. The number of anilines is 3. The molecule has 324 valence electrons. The number of hydrogen-bond acceptors (Lipinski definition) is 7. The summed E-state index contributed by atoms with van der Waals surface area (Å²) in [6.07, 6.45) is 0. The van der Waals surface area contributed by atoms with Crippen molar-refractivity contribution in [3.8, 4) is 86.1 Å². The van der Waals surface area contributed by atoms with Crippen molar-refractivity contribution in [2.75, 3.05) is 4.90 Å². The zero-order chi connectivity index (χ0) is 47.6. The Bertz CT molecular complexity index is 3830. The monoisotopic (exact) mass is 892 g/mol. The van der Waals surface area contributed by atoms with Gasteiger partial charge in [-0.2, -0.15) is 21.0 Å². The largest absolute Gasteiger partial charge is 0.310 e. The molecule has 0 radical (unpaired) electrons. The maximum atomic E-state index is 10.6. The van der Waals surface area contributed by atoms with Gasteiger partial charge in [0.05, 0.1) is 69.0 Å². The molecule has 70 heavy (non-hydrogen) atoms. The van der Waals surface area contributed by atoms with E-state index in [1.54, 1.807) is 54.6 Å². The Balaban J connectivity index is 0.916. The summed E-state index contributed by atoms with van der Waals surface area (Å²) in [5, 5.41) is 42.3. The minimum Gasteiger partial charge on any atom is -0.310 e. The summed E-state index contributed by atoms with van der Waals surface area (Å²) < 4.78 is 2.32. The van der Waals surface area contributed by atoms with Gasteiger partial charge >= 0.3 is 0 Å². The van der Waals surface area contributed by atoms with Gasteiger partial charge in [-0.15, -0.1) is 0 Å². The summed E-state index contributed by atoms with van der Waals surface area (Å²) in [4.78, 5) is 12.0. The van der Waals surface area contributed by atoms with Crippen LogP contribution in [0.3, 0.4) is 0 Å². The zero-order valence-electron chi connectivity index (χ0n) is 37.4. The molecule has 0 spiro atoms. The highest BCUT2D eigenvalue weighted by Gasteiger charge is 2.20. The Morgan fingerprint density at radius 3 is 1.47 bits per heavy atom. The number of nitriles is 4. The van der Waals surface area contributed by atoms with Gasteiger partial charge in [-0.3, -0.25) is 0 Å². The van der Waals surface area contributed by atoms with E-state index < -0.39 is 0 Å².